The van der Waals surface area contributed by atoms with Crippen LogP contribution >= 0.6 is 0 Å². The Balaban J connectivity index is -0.0000000660. The molecule has 0 spiro atoms. The first kappa shape index (κ1) is 81.7. The van der Waals surface area contributed by atoms with Gasteiger partial charge in [-0.05, 0) is 78.1 Å². The van der Waals surface area contributed by atoms with Gasteiger partial charge in [-0.25, -0.2) is 0 Å². The Kier molecular flexibility index (Phi) is 112. The zero-order valence-corrected chi connectivity index (χ0v) is 40.4. The van der Waals surface area contributed by atoms with Gasteiger partial charge in [0, 0.05) is 96.1 Å². The van der Waals surface area contributed by atoms with Crippen LogP contribution in [0.2, 0.25) is 0 Å². The van der Waals surface area contributed by atoms with Gasteiger partial charge in [-0.15, -0.1) is 0 Å². The lowest BCUT2D eigenvalue weighted by atomic mass is 9.80. The Bertz CT molecular complexity index is 595. The zero-order chi connectivity index (χ0) is 44.7. The molecule has 0 saturated heterocycles. The molecule has 0 rings (SSSR count). The number of unbranched alkanes of at least 4 members (excludes halogenated alkanes) is 2. The van der Waals surface area contributed by atoms with Crippen LogP contribution in [0, 0.1) is 11.8 Å². The average Bonchev–Trinajstić information content (AvgIpc) is 3.22. The molecule has 0 aliphatic heterocycles. The van der Waals surface area contributed by atoms with E-state index < -0.39 is 0 Å². The summed E-state index contributed by atoms with van der Waals surface area (Å²) >= 11 is 0. The molecule has 0 amide bonds. The standard InChI is InChI=1S/C16H30O4.2C8H18O2.2C4H10O2.2C2H6.3CH4/c1-13(17)5-7-15(9-11-19-3)16(10-12-20-4)8-6-14(2)18;2*1-4-5-6-10-7-8(2)9-3;2*1-5-3-4-6-2;2*1-2;;;/h15-16H,5-12H2,1-4H3;2*8H,4-7H2,1-3H3;2*3-4H2,1-2H3;2*1-2H3;3*1H4. The van der Waals surface area contributed by atoms with Crippen molar-refractivity contribution in [3.8, 4) is 0 Å². The summed E-state index contributed by atoms with van der Waals surface area (Å²) < 4.78 is 49.6. The minimum atomic E-state index is 0. The molecule has 12 nitrogen and oxygen atoms in total. The zero-order valence-electron chi connectivity index (χ0n) is 40.4. The van der Waals surface area contributed by atoms with Crippen molar-refractivity contribution in [2.45, 2.75) is 168 Å². The van der Waals surface area contributed by atoms with E-state index >= 15 is 0 Å². The summed E-state index contributed by atoms with van der Waals surface area (Å²) in [5.74, 6) is 1.30. The molecule has 4 atom stereocenters. The van der Waals surface area contributed by atoms with Gasteiger partial charge >= 0.3 is 0 Å². The van der Waals surface area contributed by atoms with Crippen molar-refractivity contribution in [1.82, 2.24) is 0 Å². The van der Waals surface area contributed by atoms with E-state index in [0.29, 0.717) is 64.3 Å². The molecule has 0 aliphatic rings. The van der Waals surface area contributed by atoms with E-state index in [0.717, 1.165) is 65.0 Å². The fraction of sp³-hybridized carbons (Fsp3) is 0.957. The maximum atomic E-state index is 11.2. The highest BCUT2D eigenvalue weighted by Crippen LogP contribution is 2.29. The number of hydrogen-bond acceptors (Lipinski definition) is 12. The van der Waals surface area contributed by atoms with Gasteiger partial charge in [0.05, 0.1) is 51.8 Å². The number of methoxy groups -OCH3 is 8. The number of carbonyl (C=O) groups excluding carboxylic acids is 2. The molecule has 370 valence electrons. The van der Waals surface area contributed by atoms with Crippen LogP contribution in [0.3, 0.4) is 0 Å². The molecule has 0 aromatic carbocycles. The summed E-state index contributed by atoms with van der Waals surface area (Å²) in [6.07, 6.45) is 10.0. The van der Waals surface area contributed by atoms with Gasteiger partial charge in [0.15, 0.2) is 0 Å². The van der Waals surface area contributed by atoms with Gasteiger partial charge in [0.25, 0.3) is 0 Å². The van der Waals surface area contributed by atoms with Gasteiger partial charge < -0.3 is 57.0 Å². The molecule has 0 heterocycles. The Morgan fingerprint density at radius 1 is 0.424 bits per heavy atom. The number of hydrogen-bond donors (Lipinski definition) is 0. The van der Waals surface area contributed by atoms with E-state index in [1.165, 1.54) is 12.8 Å². The maximum Gasteiger partial charge on any atom is 0.129 e. The predicted octanol–water partition coefficient (Wildman–Crippen LogP) is 11.2. The fourth-order valence-electron chi connectivity index (χ4n) is 4.01. The van der Waals surface area contributed by atoms with Crippen LogP contribution in [0.4, 0.5) is 0 Å². The Labute approximate surface area is 370 Å². The normalized spacial score (nSPS) is 11.4. The van der Waals surface area contributed by atoms with E-state index in [2.05, 4.69) is 32.8 Å². The molecule has 12 heteroatoms. The van der Waals surface area contributed by atoms with Crippen LogP contribution in [0.25, 0.3) is 0 Å². The molecule has 0 aromatic rings. The molecule has 0 aromatic heterocycles. The molecule has 4 unspecified atom stereocenters. The first-order valence-corrected chi connectivity index (χ1v) is 21.1. The molecule has 0 N–H and O–H groups in total. The smallest absolute Gasteiger partial charge is 0.129 e. The number of ketones is 2. The van der Waals surface area contributed by atoms with E-state index in [-0.39, 0.29) is 46.1 Å². The first-order chi connectivity index (χ1) is 27.0. The Hall–Kier alpha value is -1.06. The highest BCUT2D eigenvalue weighted by Gasteiger charge is 2.22. The van der Waals surface area contributed by atoms with Crippen LogP contribution in [-0.4, -0.2) is 147 Å². The molecule has 0 bridgehead atoms. The van der Waals surface area contributed by atoms with E-state index in [1.54, 1.807) is 70.7 Å². The molecular formula is C47H110O12. The van der Waals surface area contributed by atoms with Crippen molar-refractivity contribution in [2.75, 3.05) is 123 Å². The SMILES string of the molecule is C.C.C.CC.CC.CCCCOCC(C)OC.CCCCOCC(C)OC.COCCC(CCC(C)=O)C(CCOC)CCC(C)=O.COCCOC.COCCOC. The van der Waals surface area contributed by atoms with E-state index in [4.69, 9.17) is 28.4 Å². The minimum absolute atomic E-state index is 0. The van der Waals surface area contributed by atoms with Gasteiger partial charge in [-0.2, -0.15) is 0 Å². The van der Waals surface area contributed by atoms with Crippen molar-refractivity contribution in [1.29, 1.82) is 0 Å². The lowest BCUT2D eigenvalue weighted by molar-refractivity contribution is -0.118. The van der Waals surface area contributed by atoms with Crippen molar-refractivity contribution >= 4 is 11.6 Å². The molecule has 0 saturated carbocycles. The Morgan fingerprint density at radius 2 is 0.678 bits per heavy atom. The fourth-order valence-corrected chi connectivity index (χ4v) is 4.01. The topological polar surface area (TPSA) is 126 Å². The molecule has 59 heavy (non-hydrogen) atoms. The third-order valence-electron chi connectivity index (χ3n) is 7.56. The summed E-state index contributed by atoms with van der Waals surface area (Å²) in [6, 6.07) is 0. The lowest BCUT2D eigenvalue weighted by Gasteiger charge is -2.26. The van der Waals surface area contributed by atoms with Gasteiger partial charge in [0.2, 0.25) is 0 Å². The Morgan fingerprint density at radius 3 is 0.864 bits per heavy atom. The summed E-state index contributed by atoms with van der Waals surface area (Å²) in [5, 5.41) is 0. The minimum Gasteiger partial charge on any atom is -0.385 e. The van der Waals surface area contributed by atoms with Crippen molar-refractivity contribution in [2.24, 2.45) is 11.8 Å². The second-order valence-corrected chi connectivity index (χ2v) is 12.5. The van der Waals surface area contributed by atoms with Gasteiger partial charge in [-0.1, -0.05) is 76.7 Å². The molecule has 0 aliphatic carbocycles. The van der Waals surface area contributed by atoms with Crippen molar-refractivity contribution < 1.29 is 57.0 Å². The summed E-state index contributed by atoms with van der Waals surface area (Å²) in [6.45, 7) is 26.9. The van der Waals surface area contributed by atoms with Crippen LogP contribution in [0.5, 0.6) is 0 Å². The number of ether oxygens (including phenoxy) is 10. The van der Waals surface area contributed by atoms with Gasteiger partial charge in [-0.3, -0.25) is 0 Å². The number of carbonyl (C=O) groups is 2. The quantitative estimate of drug-likeness (QED) is 0.0616. The van der Waals surface area contributed by atoms with Crippen LogP contribution in [0.15, 0.2) is 0 Å². The predicted molar refractivity (Wildman–Crippen MR) is 255 cm³/mol. The van der Waals surface area contributed by atoms with Crippen LogP contribution < -0.4 is 0 Å². The van der Waals surface area contributed by atoms with E-state index in [1.807, 2.05) is 41.5 Å². The van der Waals surface area contributed by atoms with Crippen LogP contribution in [-0.2, 0) is 57.0 Å². The molecular weight excluding hydrogens is 757 g/mol. The number of Topliss-reactive ketones (excluding diaryl/α,β-unsaturated/α-hetero) is 2. The van der Waals surface area contributed by atoms with Crippen molar-refractivity contribution in [3.05, 3.63) is 0 Å². The summed E-state index contributed by atoms with van der Waals surface area (Å²) in [5.41, 5.74) is 0. The summed E-state index contributed by atoms with van der Waals surface area (Å²) in [7, 11) is 13.4. The van der Waals surface area contributed by atoms with Crippen molar-refractivity contribution in [3.63, 3.8) is 0 Å². The monoisotopic (exact) mass is 867 g/mol. The average molecular weight is 867 g/mol. The first-order valence-electron chi connectivity index (χ1n) is 21.1. The third-order valence-corrected chi connectivity index (χ3v) is 7.56. The largest absolute Gasteiger partial charge is 0.385 e. The highest BCUT2D eigenvalue weighted by atomic mass is 16.5. The maximum absolute atomic E-state index is 11.2. The third kappa shape index (κ3) is 93.2. The van der Waals surface area contributed by atoms with Gasteiger partial charge in [0.1, 0.15) is 11.6 Å². The lowest BCUT2D eigenvalue weighted by Crippen LogP contribution is -2.20. The summed E-state index contributed by atoms with van der Waals surface area (Å²) in [4.78, 5) is 22.4. The molecule has 0 radical (unpaired) electrons. The second-order valence-electron chi connectivity index (χ2n) is 12.5. The highest BCUT2D eigenvalue weighted by molar-refractivity contribution is 5.75. The second kappa shape index (κ2) is 80.9. The molecule has 0 fully saturated rings. The van der Waals surface area contributed by atoms with Crippen LogP contribution in [0.1, 0.15) is 156 Å². The van der Waals surface area contributed by atoms with E-state index in [9.17, 15) is 9.59 Å². The number of rotatable bonds is 31.